The normalized spacial score (nSPS) is 48.2. The monoisotopic (exact) mass is 178 g/mol. The molecule has 1 aliphatic heterocycles. The predicted octanol–water partition coefficient (Wildman–Crippen LogP) is -1.80. The molecule has 0 aromatic heterocycles. The van der Waals surface area contributed by atoms with Crippen molar-refractivity contribution >= 4 is 0 Å². The van der Waals surface area contributed by atoms with Crippen LogP contribution in [0.15, 0.2) is 0 Å². The van der Waals surface area contributed by atoms with Crippen molar-refractivity contribution in [1.29, 1.82) is 0 Å². The van der Waals surface area contributed by atoms with Crippen molar-refractivity contribution in [2.45, 2.75) is 37.4 Å². The van der Waals surface area contributed by atoms with Gasteiger partial charge in [0.25, 0.3) is 0 Å². The van der Waals surface area contributed by atoms with Crippen molar-refractivity contribution in [2.75, 3.05) is 6.61 Å². The largest absolute Gasteiger partial charge is 0.394 e. The first kappa shape index (κ1) is 9.88. The minimum Gasteiger partial charge on any atom is -0.394 e. The summed E-state index contributed by atoms with van der Waals surface area (Å²) >= 11 is 0. The molecule has 4 N–H and O–H groups in total. The van der Waals surface area contributed by atoms with Gasteiger partial charge in [-0.1, -0.05) is 6.92 Å². The van der Waals surface area contributed by atoms with Crippen LogP contribution in [0.3, 0.4) is 0 Å². The number of hydrogen-bond donors (Lipinski definition) is 4. The molecule has 12 heavy (non-hydrogen) atoms. The highest BCUT2D eigenvalue weighted by molar-refractivity contribution is 4.94. The number of hydrogen-bond acceptors (Lipinski definition) is 5. The molecule has 1 rings (SSSR count). The van der Waals surface area contributed by atoms with Crippen LogP contribution in [0.1, 0.15) is 13.3 Å². The summed E-state index contributed by atoms with van der Waals surface area (Å²) in [5.41, 5.74) is 0. The highest BCUT2D eigenvalue weighted by Crippen LogP contribution is 2.31. The highest BCUT2D eigenvalue weighted by Gasteiger charge is 2.51. The maximum Gasteiger partial charge on any atom is 0.194 e. The Morgan fingerprint density at radius 1 is 1.42 bits per heavy atom. The Balaban J connectivity index is 2.72. The average molecular weight is 178 g/mol. The van der Waals surface area contributed by atoms with Gasteiger partial charge in [-0.3, -0.25) is 0 Å². The van der Waals surface area contributed by atoms with Gasteiger partial charge in [-0.05, 0) is 0 Å². The first-order valence-corrected chi connectivity index (χ1v) is 3.92. The molecule has 1 fully saturated rings. The summed E-state index contributed by atoms with van der Waals surface area (Å²) in [5.74, 6) is -1.72. The molecule has 0 aromatic rings. The van der Waals surface area contributed by atoms with E-state index in [0.717, 1.165) is 0 Å². The van der Waals surface area contributed by atoms with Gasteiger partial charge in [0.2, 0.25) is 0 Å². The van der Waals surface area contributed by atoms with Crippen LogP contribution in [-0.4, -0.2) is 51.1 Å². The fourth-order valence-corrected chi connectivity index (χ4v) is 1.31. The molecule has 72 valence electrons. The minimum atomic E-state index is -1.72. The minimum absolute atomic E-state index is 0.168. The van der Waals surface area contributed by atoms with Crippen LogP contribution in [-0.2, 0) is 4.74 Å². The van der Waals surface area contributed by atoms with Crippen LogP contribution < -0.4 is 0 Å². The van der Waals surface area contributed by atoms with Crippen molar-refractivity contribution in [3.8, 4) is 0 Å². The topological polar surface area (TPSA) is 90.2 Å². The molecule has 0 bridgehead atoms. The van der Waals surface area contributed by atoms with Crippen molar-refractivity contribution < 1.29 is 25.2 Å². The molecule has 5 heteroatoms. The first-order chi connectivity index (χ1) is 5.55. The molecule has 5 nitrogen and oxygen atoms in total. The third kappa shape index (κ3) is 1.34. The number of aliphatic hydroxyl groups excluding tert-OH is 3. The maximum atomic E-state index is 9.50. The lowest BCUT2D eigenvalue weighted by molar-refractivity contribution is -0.231. The van der Waals surface area contributed by atoms with E-state index in [2.05, 4.69) is 0 Å². The second kappa shape index (κ2) is 3.27. The Morgan fingerprint density at radius 3 is 2.25 bits per heavy atom. The van der Waals surface area contributed by atoms with Gasteiger partial charge >= 0.3 is 0 Å². The lowest BCUT2D eigenvalue weighted by Crippen LogP contribution is -2.42. The lowest BCUT2D eigenvalue weighted by Gasteiger charge is -2.23. The number of rotatable bonds is 2. The summed E-state index contributed by atoms with van der Waals surface area (Å²) in [6, 6.07) is 0. The fourth-order valence-electron chi connectivity index (χ4n) is 1.31. The molecule has 1 heterocycles. The van der Waals surface area contributed by atoms with E-state index in [1.807, 2.05) is 0 Å². The zero-order chi connectivity index (χ0) is 9.35. The van der Waals surface area contributed by atoms with E-state index < -0.39 is 30.7 Å². The molecule has 0 aliphatic carbocycles. The van der Waals surface area contributed by atoms with E-state index in [9.17, 15) is 15.3 Å². The molecule has 0 amide bonds. The van der Waals surface area contributed by atoms with Gasteiger partial charge in [0, 0.05) is 6.42 Å². The molecule has 0 spiro atoms. The van der Waals surface area contributed by atoms with Crippen molar-refractivity contribution in [3.05, 3.63) is 0 Å². The van der Waals surface area contributed by atoms with E-state index >= 15 is 0 Å². The van der Waals surface area contributed by atoms with Crippen LogP contribution in [0, 0.1) is 0 Å². The summed E-state index contributed by atoms with van der Waals surface area (Å²) in [7, 11) is 0. The van der Waals surface area contributed by atoms with E-state index in [4.69, 9.17) is 9.84 Å². The lowest BCUT2D eigenvalue weighted by atomic mass is 10.0. The third-order valence-electron chi connectivity index (χ3n) is 2.21. The number of aliphatic hydroxyl groups is 4. The zero-order valence-corrected chi connectivity index (χ0v) is 6.84. The Hall–Kier alpha value is -0.200. The highest BCUT2D eigenvalue weighted by atomic mass is 16.7. The summed E-state index contributed by atoms with van der Waals surface area (Å²) < 4.78 is 4.88. The third-order valence-corrected chi connectivity index (χ3v) is 2.21. The summed E-state index contributed by atoms with van der Waals surface area (Å²) in [4.78, 5) is 0. The molecule has 0 aromatic carbocycles. The molecule has 0 unspecified atom stereocenters. The van der Waals surface area contributed by atoms with Crippen LogP contribution in [0.25, 0.3) is 0 Å². The molecule has 1 saturated heterocycles. The zero-order valence-electron chi connectivity index (χ0n) is 6.84. The molecular formula is C7H14O5. The quantitative estimate of drug-likeness (QED) is 0.400. The first-order valence-electron chi connectivity index (χ1n) is 3.92. The van der Waals surface area contributed by atoms with Crippen molar-refractivity contribution in [3.63, 3.8) is 0 Å². The van der Waals surface area contributed by atoms with Crippen molar-refractivity contribution in [2.24, 2.45) is 0 Å². The Morgan fingerprint density at radius 2 is 2.00 bits per heavy atom. The van der Waals surface area contributed by atoms with E-state index in [1.165, 1.54) is 0 Å². The van der Waals surface area contributed by atoms with Crippen LogP contribution in [0.2, 0.25) is 0 Å². The predicted molar refractivity (Wildman–Crippen MR) is 39.2 cm³/mol. The van der Waals surface area contributed by atoms with E-state index in [-0.39, 0.29) is 6.42 Å². The van der Waals surface area contributed by atoms with Gasteiger partial charge in [0.15, 0.2) is 5.79 Å². The van der Waals surface area contributed by atoms with Crippen LogP contribution in [0.5, 0.6) is 0 Å². The van der Waals surface area contributed by atoms with Gasteiger partial charge in [-0.15, -0.1) is 0 Å². The Bertz CT molecular complexity index is 162. The van der Waals surface area contributed by atoms with Gasteiger partial charge in [0.1, 0.15) is 18.3 Å². The van der Waals surface area contributed by atoms with Gasteiger partial charge in [-0.25, -0.2) is 0 Å². The average Bonchev–Trinajstić information content (AvgIpc) is 2.31. The van der Waals surface area contributed by atoms with E-state index in [1.54, 1.807) is 6.92 Å². The SMILES string of the molecule is CC[C@@]1(O)O[C@H](CO)[C@@H](O)[C@H]1O. The second-order valence-electron chi connectivity index (χ2n) is 2.97. The second-order valence-corrected chi connectivity index (χ2v) is 2.97. The van der Waals surface area contributed by atoms with Crippen molar-refractivity contribution in [1.82, 2.24) is 0 Å². The molecule has 4 atom stereocenters. The molecule has 1 aliphatic rings. The van der Waals surface area contributed by atoms with Gasteiger partial charge in [0.05, 0.1) is 6.61 Å². The summed E-state index contributed by atoms with van der Waals surface area (Å²) in [6.07, 6.45) is -3.30. The molecule has 0 radical (unpaired) electrons. The maximum absolute atomic E-state index is 9.50. The molecular weight excluding hydrogens is 164 g/mol. The van der Waals surface area contributed by atoms with Crippen LogP contribution in [0.4, 0.5) is 0 Å². The molecule has 0 saturated carbocycles. The summed E-state index contributed by atoms with van der Waals surface area (Å²) in [5, 5.41) is 36.7. The standard InChI is InChI=1S/C7H14O5/c1-2-7(11)6(10)5(9)4(3-8)12-7/h4-6,8-11H,2-3H2,1H3/t4-,5-,6-,7-/m1/s1. The van der Waals surface area contributed by atoms with E-state index in [0.29, 0.717) is 0 Å². The fraction of sp³-hybridized carbons (Fsp3) is 1.00. The number of ether oxygens (including phenoxy) is 1. The van der Waals surface area contributed by atoms with Gasteiger partial charge in [-0.2, -0.15) is 0 Å². The Labute approximate surface area is 70.2 Å². The summed E-state index contributed by atoms with van der Waals surface area (Å²) in [6.45, 7) is 1.20. The van der Waals surface area contributed by atoms with Crippen LogP contribution >= 0.6 is 0 Å². The van der Waals surface area contributed by atoms with Gasteiger partial charge < -0.3 is 25.2 Å². The Kier molecular flexibility index (Phi) is 2.70. The smallest absolute Gasteiger partial charge is 0.194 e.